The van der Waals surface area contributed by atoms with Gasteiger partial charge in [0.05, 0.1) is 0 Å². The second-order valence-electron chi connectivity index (χ2n) is 3.65. The van der Waals surface area contributed by atoms with Crippen molar-refractivity contribution in [1.29, 1.82) is 0 Å². The van der Waals surface area contributed by atoms with E-state index in [0.29, 0.717) is 5.88 Å². The van der Waals surface area contributed by atoms with E-state index in [1.54, 1.807) is 0 Å². The fraction of sp³-hybridized carbons (Fsp3) is 0.231. The van der Waals surface area contributed by atoms with Crippen molar-refractivity contribution in [3.63, 3.8) is 0 Å². The summed E-state index contributed by atoms with van der Waals surface area (Å²) >= 11 is 5.72. The molecule has 2 aromatic carbocycles. The zero-order chi connectivity index (χ0) is 10.7. The smallest absolute Gasteiger partial charge is 0.0312 e. The van der Waals surface area contributed by atoms with Crippen molar-refractivity contribution >= 4 is 22.4 Å². The predicted molar refractivity (Wildman–Crippen MR) is 66.2 cm³/mol. The molecule has 2 rings (SSSR count). The van der Waals surface area contributed by atoms with Gasteiger partial charge in [0.15, 0.2) is 0 Å². The van der Waals surface area contributed by atoms with Gasteiger partial charge in [0.2, 0.25) is 0 Å². The molecule has 0 aliphatic carbocycles. The number of benzene rings is 2. The molecule has 0 aliphatic heterocycles. The third-order valence-corrected chi connectivity index (χ3v) is 2.86. The van der Waals surface area contributed by atoms with Gasteiger partial charge < -0.3 is 5.73 Å². The average Bonchev–Trinajstić information content (AvgIpc) is 2.28. The van der Waals surface area contributed by atoms with Gasteiger partial charge in [-0.05, 0) is 22.8 Å². The molecule has 0 aliphatic rings. The monoisotopic (exact) mass is 219 g/mol. The van der Waals surface area contributed by atoms with Gasteiger partial charge in [-0.2, -0.15) is 0 Å². The maximum atomic E-state index is 6.09. The fourth-order valence-corrected chi connectivity index (χ4v) is 2.08. The van der Waals surface area contributed by atoms with Crippen LogP contribution in [0.1, 0.15) is 18.0 Å². The van der Waals surface area contributed by atoms with Gasteiger partial charge in [-0.1, -0.05) is 42.5 Å². The van der Waals surface area contributed by atoms with E-state index in [0.717, 1.165) is 6.42 Å². The molecule has 1 nitrogen and oxygen atoms in total. The summed E-state index contributed by atoms with van der Waals surface area (Å²) in [5.74, 6) is 0.602. The Kier molecular flexibility index (Phi) is 3.24. The predicted octanol–water partition coefficient (Wildman–Crippen LogP) is 3.47. The van der Waals surface area contributed by atoms with Crippen molar-refractivity contribution in [2.75, 3.05) is 5.88 Å². The van der Waals surface area contributed by atoms with Gasteiger partial charge in [-0.25, -0.2) is 0 Å². The Morgan fingerprint density at radius 2 is 1.80 bits per heavy atom. The number of halogens is 1. The van der Waals surface area contributed by atoms with Gasteiger partial charge in [0.25, 0.3) is 0 Å². The normalized spacial score (nSPS) is 12.9. The molecule has 0 bridgehead atoms. The van der Waals surface area contributed by atoms with Gasteiger partial charge in [0.1, 0.15) is 0 Å². The maximum Gasteiger partial charge on any atom is 0.0312 e. The summed E-state index contributed by atoms with van der Waals surface area (Å²) in [5, 5.41) is 2.47. The highest BCUT2D eigenvalue weighted by Gasteiger charge is 2.08. The standard InChI is InChI=1S/C13H14ClN/c14-9-8-13(15)12-7-3-5-10-4-1-2-6-11(10)12/h1-7,13H,8-9,15H2. The van der Waals surface area contributed by atoms with Crippen LogP contribution in [0.2, 0.25) is 0 Å². The summed E-state index contributed by atoms with van der Waals surface area (Å²) in [5.41, 5.74) is 7.28. The molecule has 0 saturated carbocycles. The summed E-state index contributed by atoms with van der Waals surface area (Å²) in [7, 11) is 0. The molecule has 2 N–H and O–H groups in total. The number of hydrogen-bond acceptors (Lipinski definition) is 1. The molecule has 1 atom stereocenters. The lowest BCUT2D eigenvalue weighted by Gasteiger charge is -2.13. The molecule has 2 aromatic rings. The molecule has 0 amide bonds. The first kappa shape index (κ1) is 10.5. The molecule has 0 heterocycles. The minimum atomic E-state index is 0.0357. The van der Waals surface area contributed by atoms with Crippen molar-refractivity contribution < 1.29 is 0 Å². The Morgan fingerprint density at radius 1 is 1.07 bits per heavy atom. The van der Waals surface area contributed by atoms with Gasteiger partial charge >= 0.3 is 0 Å². The second kappa shape index (κ2) is 4.65. The van der Waals surface area contributed by atoms with E-state index in [1.807, 2.05) is 18.2 Å². The van der Waals surface area contributed by atoms with Crippen LogP contribution >= 0.6 is 11.6 Å². The first-order valence-electron chi connectivity index (χ1n) is 5.12. The zero-order valence-corrected chi connectivity index (χ0v) is 9.24. The van der Waals surface area contributed by atoms with Crippen LogP contribution in [0.15, 0.2) is 42.5 Å². The maximum absolute atomic E-state index is 6.09. The largest absolute Gasteiger partial charge is 0.324 e. The van der Waals surface area contributed by atoms with Crippen LogP contribution < -0.4 is 5.73 Å². The quantitative estimate of drug-likeness (QED) is 0.786. The molecule has 0 fully saturated rings. The Balaban J connectivity index is 2.50. The Hall–Kier alpha value is -1.05. The number of alkyl halides is 1. The number of hydrogen-bond donors (Lipinski definition) is 1. The first-order chi connectivity index (χ1) is 7.33. The van der Waals surface area contributed by atoms with Crippen molar-refractivity contribution in [3.8, 4) is 0 Å². The molecule has 0 radical (unpaired) electrons. The van der Waals surface area contributed by atoms with Crippen LogP contribution in [0.25, 0.3) is 10.8 Å². The van der Waals surface area contributed by atoms with Crippen molar-refractivity contribution in [2.45, 2.75) is 12.5 Å². The van der Waals surface area contributed by atoms with E-state index in [-0.39, 0.29) is 6.04 Å². The number of rotatable bonds is 3. The van der Waals surface area contributed by atoms with Crippen LogP contribution in [0.5, 0.6) is 0 Å². The van der Waals surface area contributed by atoms with Crippen molar-refractivity contribution in [3.05, 3.63) is 48.0 Å². The fourth-order valence-electron chi connectivity index (χ4n) is 1.85. The minimum Gasteiger partial charge on any atom is -0.324 e. The molecule has 78 valence electrons. The molecule has 1 unspecified atom stereocenters. The molecular weight excluding hydrogens is 206 g/mol. The third-order valence-electron chi connectivity index (χ3n) is 2.64. The van der Waals surface area contributed by atoms with Crippen LogP contribution in [-0.2, 0) is 0 Å². The topological polar surface area (TPSA) is 26.0 Å². The van der Waals surface area contributed by atoms with E-state index >= 15 is 0 Å². The molecule has 0 saturated heterocycles. The zero-order valence-electron chi connectivity index (χ0n) is 8.49. The van der Waals surface area contributed by atoms with E-state index < -0.39 is 0 Å². The van der Waals surface area contributed by atoms with E-state index in [2.05, 4.69) is 24.3 Å². The van der Waals surface area contributed by atoms with Gasteiger partial charge in [0, 0.05) is 11.9 Å². The lowest BCUT2D eigenvalue weighted by molar-refractivity contribution is 0.709. The molecule has 0 aromatic heterocycles. The summed E-state index contributed by atoms with van der Waals surface area (Å²) in [4.78, 5) is 0. The third kappa shape index (κ3) is 2.14. The van der Waals surface area contributed by atoms with Gasteiger partial charge in [-0.3, -0.25) is 0 Å². The minimum absolute atomic E-state index is 0.0357. The van der Waals surface area contributed by atoms with E-state index in [1.165, 1.54) is 16.3 Å². The van der Waals surface area contributed by atoms with Crippen LogP contribution in [0.3, 0.4) is 0 Å². The van der Waals surface area contributed by atoms with E-state index in [4.69, 9.17) is 17.3 Å². The lowest BCUT2D eigenvalue weighted by Crippen LogP contribution is -2.11. The lowest BCUT2D eigenvalue weighted by atomic mass is 9.98. The van der Waals surface area contributed by atoms with Crippen LogP contribution in [0.4, 0.5) is 0 Å². The molecule has 2 heteroatoms. The number of nitrogens with two attached hydrogens (primary N) is 1. The Labute approximate surface area is 94.9 Å². The Morgan fingerprint density at radius 3 is 2.60 bits per heavy atom. The highest BCUT2D eigenvalue weighted by Crippen LogP contribution is 2.24. The second-order valence-corrected chi connectivity index (χ2v) is 4.03. The highest BCUT2D eigenvalue weighted by atomic mass is 35.5. The summed E-state index contributed by atoms with van der Waals surface area (Å²) in [6, 6.07) is 14.6. The summed E-state index contributed by atoms with van der Waals surface area (Å²) < 4.78 is 0. The summed E-state index contributed by atoms with van der Waals surface area (Å²) in [6.45, 7) is 0. The highest BCUT2D eigenvalue weighted by molar-refractivity contribution is 6.17. The van der Waals surface area contributed by atoms with Gasteiger partial charge in [-0.15, -0.1) is 11.6 Å². The number of fused-ring (bicyclic) bond motifs is 1. The SMILES string of the molecule is NC(CCCl)c1cccc2ccccc12. The molecular formula is C13H14ClN. The molecule has 0 spiro atoms. The molecule has 15 heavy (non-hydrogen) atoms. The van der Waals surface area contributed by atoms with Crippen molar-refractivity contribution in [1.82, 2.24) is 0 Å². The first-order valence-corrected chi connectivity index (χ1v) is 5.65. The summed E-state index contributed by atoms with van der Waals surface area (Å²) in [6.07, 6.45) is 0.815. The van der Waals surface area contributed by atoms with Crippen LogP contribution in [-0.4, -0.2) is 5.88 Å². The van der Waals surface area contributed by atoms with Crippen LogP contribution in [0, 0.1) is 0 Å². The van der Waals surface area contributed by atoms with E-state index in [9.17, 15) is 0 Å². The Bertz CT molecular complexity index is 448. The average molecular weight is 220 g/mol. The van der Waals surface area contributed by atoms with Crippen molar-refractivity contribution in [2.24, 2.45) is 5.73 Å².